The Balaban J connectivity index is 1.88. The molecule has 4 rings (SSSR count). The molecule has 2 heterocycles. The van der Waals surface area contributed by atoms with Crippen molar-refractivity contribution in [1.29, 1.82) is 0 Å². The molecule has 29 heavy (non-hydrogen) atoms. The van der Waals surface area contributed by atoms with E-state index in [2.05, 4.69) is 0 Å². The molecule has 1 unspecified atom stereocenters. The van der Waals surface area contributed by atoms with Crippen LogP contribution >= 0.6 is 0 Å². The molecule has 152 valence electrons. The summed E-state index contributed by atoms with van der Waals surface area (Å²) >= 11 is 0. The van der Waals surface area contributed by atoms with E-state index in [4.69, 9.17) is 9.47 Å². The molecule has 0 aromatic heterocycles. The van der Waals surface area contributed by atoms with E-state index in [0.717, 1.165) is 5.56 Å². The molecule has 0 N–H and O–H groups in total. The number of fused-ring (bicyclic) bond motifs is 3. The minimum atomic E-state index is -0.630. The maximum absolute atomic E-state index is 13.1. The molecule has 2 aliphatic heterocycles. The van der Waals surface area contributed by atoms with Gasteiger partial charge in [-0.2, -0.15) is 0 Å². The normalized spacial score (nSPS) is 18.2. The van der Waals surface area contributed by atoms with E-state index in [-0.39, 0.29) is 22.7 Å². The second kappa shape index (κ2) is 7.81. The molecule has 0 bridgehead atoms. The number of nitro groups is 1. The number of carbonyl (C=O) groups excluding carboxylic acids is 1. The Morgan fingerprint density at radius 1 is 1.24 bits per heavy atom. The molecule has 2 aromatic rings. The summed E-state index contributed by atoms with van der Waals surface area (Å²) < 4.78 is 11.5. The van der Waals surface area contributed by atoms with Gasteiger partial charge in [0, 0.05) is 18.2 Å². The number of hydrogen-bond donors (Lipinski definition) is 0. The van der Waals surface area contributed by atoms with Crippen molar-refractivity contribution in [3.8, 4) is 11.1 Å². The molecular weight excluding hydrogens is 374 g/mol. The molecule has 2 amide bonds. The lowest BCUT2D eigenvalue weighted by Crippen LogP contribution is -2.49. The van der Waals surface area contributed by atoms with Crippen LogP contribution < -0.4 is 4.90 Å². The highest BCUT2D eigenvalue weighted by Crippen LogP contribution is 2.48. The largest absolute Gasteiger partial charge is 0.377 e. The van der Waals surface area contributed by atoms with Crippen molar-refractivity contribution >= 4 is 17.4 Å². The van der Waals surface area contributed by atoms with Crippen LogP contribution in [0.5, 0.6) is 0 Å². The molecule has 1 fully saturated rings. The summed E-state index contributed by atoms with van der Waals surface area (Å²) in [6, 6.07) is 12.2. The van der Waals surface area contributed by atoms with Crippen LogP contribution in [0.25, 0.3) is 11.1 Å². The number of amides is 2. The number of benzene rings is 2. The van der Waals surface area contributed by atoms with Gasteiger partial charge in [-0.25, -0.2) is 4.79 Å². The highest BCUT2D eigenvalue weighted by atomic mass is 16.6. The van der Waals surface area contributed by atoms with Crippen LogP contribution in [0.4, 0.5) is 16.2 Å². The Morgan fingerprint density at radius 3 is 2.69 bits per heavy atom. The highest BCUT2D eigenvalue weighted by molar-refractivity contribution is 5.99. The Labute approximate surface area is 168 Å². The van der Waals surface area contributed by atoms with Crippen molar-refractivity contribution in [2.24, 2.45) is 0 Å². The number of ether oxygens (including phenoxy) is 2. The number of rotatable bonds is 6. The molecule has 0 radical (unpaired) electrons. The predicted molar refractivity (Wildman–Crippen MR) is 108 cm³/mol. The Bertz CT molecular complexity index is 931. The van der Waals surface area contributed by atoms with Crippen molar-refractivity contribution in [3.05, 3.63) is 58.1 Å². The van der Waals surface area contributed by atoms with E-state index in [1.165, 1.54) is 6.07 Å². The van der Waals surface area contributed by atoms with Crippen molar-refractivity contribution in [2.75, 3.05) is 31.2 Å². The Kier molecular flexibility index (Phi) is 5.21. The lowest BCUT2D eigenvalue weighted by molar-refractivity contribution is -0.384. The van der Waals surface area contributed by atoms with E-state index in [9.17, 15) is 14.9 Å². The van der Waals surface area contributed by atoms with Gasteiger partial charge < -0.3 is 9.47 Å². The van der Waals surface area contributed by atoms with Crippen molar-refractivity contribution in [3.63, 3.8) is 0 Å². The van der Waals surface area contributed by atoms with Gasteiger partial charge in [0.1, 0.15) is 0 Å². The molecule has 2 aromatic carbocycles. The topological polar surface area (TPSA) is 85.2 Å². The molecule has 1 atom stereocenters. The third kappa shape index (κ3) is 3.45. The van der Waals surface area contributed by atoms with Crippen LogP contribution in [-0.4, -0.2) is 48.3 Å². The number of anilines is 1. The van der Waals surface area contributed by atoms with Gasteiger partial charge in [0.25, 0.3) is 5.69 Å². The minimum Gasteiger partial charge on any atom is -0.377 e. The van der Waals surface area contributed by atoms with Crippen molar-refractivity contribution in [1.82, 2.24) is 4.90 Å². The summed E-state index contributed by atoms with van der Waals surface area (Å²) in [6.45, 7) is 5.45. The second-order valence-corrected chi connectivity index (χ2v) is 7.29. The first-order valence-corrected chi connectivity index (χ1v) is 9.67. The van der Waals surface area contributed by atoms with Crippen LogP contribution in [0.15, 0.2) is 42.5 Å². The van der Waals surface area contributed by atoms with E-state index >= 15 is 0 Å². The third-order valence-corrected chi connectivity index (χ3v) is 5.13. The minimum absolute atomic E-state index is 0.00173. The molecule has 0 aliphatic carbocycles. The first-order chi connectivity index (χ1) is 14.0. The quantitative estimate of drug-likeness (QED) is 0.544. The number of hydrogen-bond acceptors (Lipinski definition) is 5. The maximum atomic E-state index is 13.1. The van der Waals surface area contributed by atoms with Gasteiger partial charge in [0.05, 0.1) is 42.0 Å². The molecule has 8 heteroatoms. The molecule has 8 nitrogen and oxygen atoms in total. The average Bonchev–Trinajstić information content (AvgIpc) is 3.20. The van der Waals surface area contributed by atoms with Gasteiger partial charge in [0.15, 0.2) is 6.23 Å². The number of nitro benzene ring substituents is 1. The smallest absolute Gasteiger partial charge is 0.326 e. The van der Waals surface area contributed by atoms with E-state index in [1.54, 1.807) is 15.9 Å². The zero-order chi connectivity index (χ0) is 20.5. The molecule has 2 aliphatic rings. The Hall–Kier alpha value is -2.97. The summed E-state index contributed by atoms with van der Waals surface area (Å²) in [5, 5.41) is 11.8. The third-order valence-electron chi connectivity index (χ3n) is 5.13. The van der Waals surface area contributed by atoms with Gasteiger partial charge in [0.2, 0.25) is 0 Å². The monoisotopic (exact) mass is 397 g/mol. The SMILES string of the molecule is CC(C)OCCN1C(=O)N2CCOC2c2c1ccc([N+](=O)[O-])c2-c1ccccc1. The summed E-state index contributed by atoms with van der Waals surface area (Å²) in [7, 11) is 0. The van der Waals surface area contributed by atoms with E-state index in [0.29, 0.717) is 43.1 Å². The fourth-order valence-electron chi connectivity index (χ4n) is 3.90. The van der Waals surface area contributed by atoms with Crippen LogP contribution in [0.2, 0.25) is 0 Å². The average molecular weight is 397 g/mol. The van der Waals surface area contributed by atoms with E-state index < -0.39 is 6.23 Å². The van der Waals surface area contributed by atoms with Crippen LogP contribution in [0.3, 0.4) is 0 Å². The first-order valence-electron chi connectivity index (χ1n) is 9.67. The van der Waals surface area contributed by atoms with Crippen LogP contribution in [-0.2, 0) is 9.47 Å². The molecule has 0 saturated carbocycles. The fourth-order valence-corrected chi connectivity index (χ4v) is 3.90. The summed E-state index contributed by atoms with van der Waals surface area (Å²) in [5.41, 5.74) is 2.51. The number of urea groups is 1. The molecular formula is C21H23N3O5. The van der Waals surface area contributed by atoms with Gasteiger partial charge in [-0.1, -0.05) is 30.3 Å². The van der Waals surface area contributed by atoms with Crippen LogP contribution in [0.1, 0.15) is 25.6 Å². The summed E-state index contributed by atoms with van der Waals surface area (Å²) in [6.07, 6.45) is -0.580. The zero-order valence-electron chi connectivity index (χ0n) is 16.4. The lowest BCUT2D eigenvalue weighted by Gasteiger charge is -2.39. The Morgan fingerprint density at radius 2 is 2.00 bits per heavy atom. The number of nitrogens with zero attached hydrogens (tertiary/aromatic N) is 3. The highest BCUT2D eigenvalue weighted by Gasteiger charge is 2.44. The zero-order valence-corrected chi connectivity index (χ0v) is 16.4. The predicted octanol–water partition coefficient (Wildman–Crippen LogP) is 3.96. The summed E-state index contributed by atoms with van der Waals surface area (Å²) in [5.74, 6) is 0. The van der Waals surface area contributed by atoms with Crippen LogP contribution in [0, 0.1) is 10.1 Å². The second-order valence-electron chi connectivity index (χ2n) is 7.29. The maximum Gasteiger partial charge on any atom is 0.326 e. The molecule has 1 saturated heterocycles. The van der Waals surface area contributed by atoms with E-state index in [1.807, 2.05) is 44.2 Å². The fraction of sp³-hybridized carbons (Fsp3) is 0.381. The molecule has 0 spiro atoms. The standard InChI is InChI=1S/C21H23N3O5/c1-14(2)28-12-10-22-16-8-9-17(24(26)27)18(15-6-4-3-5-7-15)19(16)20-23(21(22)25)11-13-29-20/h3-9,14,20H,10-13H2,1-2H3. The van der Waals surface area contributed by atoms with Crippen molar-refractivity contribution < 1.29 is 19.2 Å². The van der Waals surface area contributed by atoms with Gasteiger partial charge in [-0.3, -0.25) is 19.9 Å². The first kappa shape index (κ1) is 19.4. The number of carbonyl (C=O) groups is 1. The lowest BCUT2D eigenvalue weighted by atomic mass is 9.93. The van der Waals surface area contributed by atoms with Gasteiger partial charge >= 0.3 is 6.03 Å². The van der Waals surface area contributed by atoms with Gasteiger partial charge in [-0.05, 0) is 25.5 Å². The van der Waals surface area contributed by atoms with Gasteiger partial charge in [-0.15, -0.1) is 0 Å². The van der Waals surface area contributed by atoms with Crippen molar-refractivity contribution in [2.45, 2.75) is 26.2 Å². The summed E-state index contributed by atoms with van der Waals surface area (Å²) in [4.78, 5) is 27.8.